The number of carbonyl (C=O) groups is 2. The number of nitrogens with zero attached hydrogens (tertiary/aromatic N) is 3. The van der Waals surface area contributed by atoms with E-state index in [4.69, 9.17) is 4.74 Å². The summed E-state index contributed by atoms with van der Waals surface area (Å²) in [6.07, 6.45) is 5.67. The van der Waals surface area contributed by atoms with Crippen LogP contribution >= 0.6 is 0 Å². The molecule has 0 spiro atoms. The maximum absolute atomic E-state index is 11.9. The van der Waals surface area contributed by atoms with E-state index in [9.17, 15) is 9.59 Å². The first-order valence-electron chi connectivity index (χ1n) is 8.00. The highest BCUT2D eigenvalue weighted by molar-refractivity contribution is 6.32. The Morgan fingerprint density at radius 1 is 1.36 bits per heavy atom. The Hall–Kier alpha value is -1.85. The first-order valence-corrected chi connectivity index (χ1v) is 8.00. The summed E-state index contributed by atoms with van der Waals surface area (Å²) in [5.74, 6) is 0.770. The van der Waals surface area contributed by atoms with Crippen LogP contribution < -0.4 is 0 Å². The summed E-state index contributed by atoms with van der Waals surface area (Å²) in [7, 11) is 0. The third-order valence-electron chi connectivity index (χ3n) is 4.07. The van der Waals surface area contributed by atoms with Gasteiger partial charge in [-0.1, -0.05) is 13.8 Å². The van der Waals surface area contributed by atoms with Crippen molar-refractivity contribution >= 4 is 11.9 Å². The smallest absolute Gasteiger partial charge is 0.397 e. The summed E-state index contributed by atoms with van der Waals surface area (Å²) in [5, 5.41) is 0. The van der Waals surface area contributed by atoms with Gasteiger partial charge >= 0.3 is 11.9 Å². The predicted octanol–water partition coefficient (Wildman–Crippen LogP) is 1.81. The summed E-state index contributed by atoms with van der Waals surface area (Å²) in [6.45, 7) is 8.38. The number of hydrogen-bond donors (Lipinski definition) is 0. The lowest BCUT2D eigenvalue weighted by molar-refractivity contribution is -0.160. The fourth-order valence-corrected chi connectivity index (χ4v) is 2.89. The molecule has 1 aromatic heterocycles. The van der Waals surface area contributed by atoms with Gasteiger partial charge in [-0.2, -0.15) is 0 Å². The zero-order chi connectivity index (χ0) is 16.1. The number of imidazole rings is 1. The summed E-state index contributed by atoms with van der Waals surface area (Å²) < 4.78 is 6.98. The molecule has 0 aromatic carbocycles. The first kappa shape index (κ1) is 16.5. The van der Waals surface area contributed by atoms with E-state index >= 15 is 0 Å². The molecular weight excluding hydrogens is 282 g/mol. The molecule has 1 aromatic rings. The Kier molecular flexibility index (Phi) is 5.57. The van der Waals surface area contributed by atoms with Crippen LogP contribution in [0, 0.1) is 5.92 Å². The van der Waals surface area contributed by atoms with Crippen molar-refractivity contribution in [1.29, 1.82) is 0 Å². The van der Waals surface area contributed by atoms with Crippen LogP contribution in [0.5, 0.6) is 0 Å². The van der Waals surface area contributed by atoms with E-state index in [2.05, 4.69) is 23.4 Å². The number of piperidine rings is 1. The zero-order valence-electron chi connectivity index (χ0n) is 13.6. The van der Waals surface area contributed by atoms with Crippen LogP contribution in [0.25, 0.3) is 0 Å². The molecular formula is C16H25N3O3. The molecule has 0 unspecified atom stereocenters. The molecule has 1 fully saturated rings. The number of hydrogen-bond acceptors (Lipinski definition) is 4. The van der Waals surface area contributed by atoms with Crippen molar-refractivity contribution in [3.05, 3.63) is 18.2 Å². The quantitative estimate of drug-likeness (QED) is 0.628. The first-order chi connectivity index (χ1) is 10.5. The van der Waals surface area contributed by atoms with E-state index in [0.717, 1.165) is 25.2 Å². The van der Waals surface area contributed by atoms with Gasteiger partial charge in [0.15, 0.2) is 0 Å². The zero-order valence-corrected chi connectivity index (χ0v) is 13.6. The topological polar surface area (TPSA) is 64.4 Å². The fourth-order valence-electron chi connectivity index (χ4n) is 2.89. The van der Waals surface area contributed by atoms with Gasteiger partial charge in [-0.3, -0.25) is 4.79 Å². The number of likely N-dealkylation sites (tertiary alicyclic amines) is 1. The van der Waals surface area contributed by atoms with Gasteiger partial charge < -0.3 is 14.2 Å². The Bertz CT molecular complexity index is 516. The summed E-state index contributed by atoms with van der Waals surface area (Å²) in [6, 6.07) is 0. The minimum absolute atomic E-state index is 0.236. The van der Waals surface area contributed by atoms with Gasteiger partial charge in [0, 0.05) is 37.9 Å². The SMILES string of the molecule is CCOC(=O)C(=O)N1CCC(Cn2ccnc2C(C)C)CC1. The highest BCUT2D eigenvalue weighted by Gasteiger charge is 2.28. The van der Waals surface area contributed by atoms with Crippen LogP contribution in [0.1, 0.15) is 45.4 Å². The van der Waals surface area contributed by atoms with Crippen LogP contribution in [-0.4, -0.2) is 46.0 Å². The minimum Gasteiger partial charge on any atom is -0.459 e. The van der Waals surface area contributed by atoms with Crippen LogP contribution in [0.3, 0.4) is 0 Å². The Morgan fingerprint density at radius 2 is 2.05 bits per heavy atom. The Labute approximate surface area is 131 Å². The molecule has 0 N–H and O–H groups in total. The average Bonchev–Trinajstić information content (AvgIpc) is 2.96. The van der Waals surface area contributed by atoms with Crippen molar-refractivity contribution in [2.24, 2.45) is 5.92 Å². The number of amides is 1. The molecule has 122 valence electrons. The Balaban J connectivity index is 1.86. The van der Waals surface area contributed by atoms with Crippen molar-refractivity contribution in [2.75, 3.05) is 19.7 Å². The second kappa shape index (κ2) is 7.42. The van der Waals surface area contributed by atoms with E-state index in [1.165, 1.54) is 0 Å². The fraction of sp³-hybridized carbons (Fsp3) is 0.688. The second-order valence-electron chi connectivity index (χ2n) is 6.05. The highest BCUT2D eigenvalue weighted by Crippen LogP contribution is 2.21. The molecule has 1 aliphatic rings. The van der Waals surface area contributed by atoms with Crippen molar-refractivity contribution < 1.29 is 14.3 Å². The molecule has 0 aliphatic carbocycles. The van der Waals surface area contributed by atoms with Crippen LogP contribution in [-0.2, 0) is 20.9 Å². The number of aromatic nitrogens is 2. The van der Waals surface area contributed by atoms with Gasteiger partial charge in [0.1, 0.15) is 5.82 Å². The summed E-state index contributed by atoms with van der Waals surface area (Å²) in [5.41, 5.74) is 0. The molecule has 1 aliphatic heterocycles. The maximum atomic E-state index is 11.9. The molecule has 0 radical (unpaired) electrons. The largest absolute Gasteiger partial charge is 0.459 e. The van der Waals surface area contributed by atoms with Crippen LogP contribution in [0.4, 0.5) is 0 Å². The number of esters is 1. The molecule has 6 heteroatoms. The normalized spacial score (nSPS) is 16.1. The van der Waals surface area contributed by atoms with Crippen molar-refractivity contribution in [2.45, 2.75) is 46.1 Å². The van der Waals surface area contributed by atoms with E-state index in [-0.39, 0.29) is 6.61 Å². The monoisotopic (exact) mass is 307 g/mol. The van der Waals surface area contributed by atoms with Gasteiger partial charge in [0.05, 0.1) is 6.61 Å². The molecule has 22 heavy (non-hydrogen) atoms. The maximum Gasteiger partial charge on any atom is 0.397 e. The lowest BCUT2D eigenvalue weighted by atomic mass is 9.96. The lowest BCUT2D eigenvalue weighted by Crippen LogP contribution is -2.43. The number of rotatable bonds is 4. The van der Waals surface area contributed by atoms with E-state index in [0.29, 0.717) is 24.9 Å². The Morgan fingerprint density at radius 3 is 2.64 bits per heavy atom. The van der Waals surface area contributed by atoms with Crippen molar-refractivity contribution in [3.63, 3.8) is 0 Å². The summed E-state index contributed by atoms with van der Waals surface area (Å²) >= 11 is 0. The molecule has 0 atom stereocenters. The molecule has 0 bridgehead atoms. The molecule has 0 saturated carbocycles. The molecule has 1 amide bonds. The number of ether oxygens (including phenoxy) is 1. The predicted molar refractivity (Wildman–Crippen MR) is 82.3 cm³/mol. The standard InChI is InChI=1S/C16H25N3O3/c1-4-22-16(21)15(20)18-8-5-13(6-9-18)11-19-10-7-17-14(19)12(2)3/h7,10,12-13H,4-6,8-9,11H2,1-3H3. The van der Waals surface area contributed by atoms with Crippen molar-refractivity contribution in [3.8, 4) is 0 Å². The van der Waals surface area contributed by atoms with E-state index in [1.54, 1.807) is 11.8 Å². The van der Waals surface area contributed by atoms with E-state index in [1.807, 2.05) is 12.4 Å². The van der Waals surface area contributed by atoms with E-state index < -0.39 is 11.9 Å². The van der Waals surface area contributed by atoms with Gasteiger partial charge in [-0.05, 0) is 25.7 Å². The molecule has 2 rings (SSSR count). The second-order valence-corrected chi connectivity index (χ2v) is 6.05. The van der Waals surface area contributed by atoms with Gasteiger partial charge in [0.25, 0.3) is 0 Å². The third-order valence-corrected chi connectivity index (χ3v) is 4.07. The molecule has 2 heterocycles. The highest BCUT2D eigenvalue weighted by atomic mass is 16.5. The minimum atomic E-state index is -0.738. The molecule has 1 saturated heterocycles. The average molecular weight is 307 g/mol. The molecule has 6 nitrogen and oxygen atoms in total. The van der Waals surface area contributed by atoms with Crippen molar-refractivity contribution in [1.82, 2.24) is 14.5 Å². The third kappa shape index (κ3) is 3.87. The number of carbonyl (C=O) groups excluding carboxylic acids is 2. The lowest BCUT2D eigenvalue weighted by Gasteiger charge is -2.31. The van der Waals surface area contributed by atoms with Gasteiger partial charge in [0.2, 0.25) is 0 Å². The van der Waals surface area contributed by atoms with Crippen LogP contribution in [0.2, 0.25) is 0 Å². The van der Waals surface area contributed by atoms with Gasteiger partial charge in [-0.15, -0.1) is 0 Å². The summed E-state index contributed by atoms with van der Waals surface area (Å²) in [4.78, 5) is 29.4. The van der Waals surface area contributed by atoms with Crippen LogP contribution in [0.15, 0.2) is 12.4 Å². The van der Waals surface area contributed by atoms with Gasteiger partial charge in [-0.25, -0.2) is 9.78 Å².